The predicted molar refractivity (Wildman–Crippen MR) is 104 cm³/mol. The quantitative estimate of drug-likeness (QED) is 0.540. The zero-order chi connectivity index (χ0) is 18.3. The molecule has 0 spiro atoms. The molecule has 0 aliphatic rings. The summed E-state index contributed by atoms with van der Waals surface area (Å²) in [4.78, 5) is 18.8. The Morgan fingerprint density at radius 3 is 2.62 bits per heavy atom. The maximum atomic E-state index is 12.6. The molecular formula is C18H15N3O3S2. The van der Waals surface area contributed by atoms with Crippen molar-refractivity contribution in [3.63, 3.8) is 0 Å². The Morgan fingerprint density at radius 2 is 1.96 bits per heavy atom. The van der Waals surface area contributed by atoms with Crippen LogP contribution in [0.1, 0.15) is 10.4 Å². The summed E-state index contributed by atoms with van der Waals surface area (Å²) in [6.07, 6.45) is 1.90. The maximum Gasteiger partial charge on any atom is 0.291 e. The molecule has 6 nitrogen and oxygen atoms in total. The SMILES string of the molecule is COc1ccc(-c2nc3s/c(=C\c4sccc4C)c(=O)n3n2)cc1OC. The van der Waals surface area contributed by atoms with Crippen molar-refractivity contribution in [2.45, 2.75) is 6.92 Å². The molecule has 0 saturated heterocycles. The van der Waals surface area contributed by atoms with Crippen LogP contribution < -0.4 is 19.6 Å². The highest BCUT2D eigenvalue weighted by atomic mass is 32.1. The van der Waals surface area contributed by atoms with E-state index in [2.05, 4.69) is 10.1 Å². The number of fused-ring (bicyclic) bond motifs is 1. The van der Waals surface area contributed by atoms with Gasteiger partial charge in [-0.05, 0) is 48.2 Å². The molecular weight excluding hydrogens is 370 g/mol. The third kappa shape index (κ3) is 2.77. The Hall–Kier alpha value is -2.71. The van der Waals surface area contributed by atoms with E-state index >= 15 is 0 Å². The number of aromatic nitrogens is 3. The van der Waals surface area contributed by atoms with Crippen LogP contribution in [-0.2, 0) is 0 Å². The molecule has 3 heterocycles. The number of thiophene rings is 1. The van der Waals surface area contributed by atoms with Crippen LogP contribution in [0.15, 0.2) is 34.4 Å². The monoisotopic (exact) mass is 385 g/mol. The Balaban J connectivity index is 1.80. The summed E-state index contributed by atoms with van der Waals surface area (Å²) >= 11 is 2.95. The van der Waals surface area contributed by atoms with Gasteiger partial charge in [0, 0.05) is 10.4 Å². The van der Waals surface area contributed by atoms with Crippen LogP contribution in [0.3, 0.4) is 0 Å². The number of hydrogen-bond donors (Lipinski definition) is 0. The largest absolute Gasteiger partial charge is 0.493 e. The normalized spacial score (nSPS) is 12.0. The van der Waals surface area contributed by atoms with Gasteiger partial charge in [-0.2, -0.15) is 9.50 Å². The number of nitrogens with zero attached hydrogens (tertiary/aromatic N) is 3. The summed E-state index contributed by atoms with van der Waals surface area (Å²) in [7, 11) is 3.16. The third-order valence-electron chi connectivity index (χ3n) is 3.99. The van der Waals surface area contributed by atoms with E-state index in [0.29, 0.717) is 26.8 Å². The summed E-state index contributed by atoms with van der Waals surface area (Å²) in [5.74, 6) is 1.70. The van der Waals surface area contributed by atoms with E-state index in [1.165, 1.54) is 15.9 Å². The van der Waals surface area contributed by atoms with Crippen molar-refractivity contribution in [2.75, 3.05) is 14.2 Å². The van der Waals surface area contributed by atoms with Crippen LogP contribution in [0.25, 0.3) is 22.4 Å². The Kier molecular flexibility index (Phi) is 4.21. The number of benzene rings is 1. The lowest BCUT2D eigenvalue weighted by atomic mass is 10.2. The molecule has 0 unspecified atom stereocenters. The lowest BCUT2D eigenvalue weighted by molar-refractivity contribution is 0.355. The third-order valence-corrected chi connectivity index (χ3v) is 5.91. The predicted octanol–water partition coefficient (Wildman–Crippen LogP) is 2.75. The van der Waals surface area contributed by atoms with Crippen molar-refractivity contribution in [3.05, 3.63) is 55.0 Å². The van der Waals surface area contributed by atoms with Crippen LogP contribution in [0.5, 0.6) is 11.5 Å². The number of aryl methyl sites for hydroxylation is 1. The van der Waals surface area contributed by atoms with Gasteiger partial charge in [0.1, 0.15) is 0 Å². The fourth-order valence-corrected chi connectivity index (χ4v) is 4.41. The van der Waals surface area contributed by atoms with Crippen molar-refractivity contribution >= 4 is 33.7 Å². The molecule has 0 bridgehead atoms. The van der Waals surface area contributed by atoms with E-state index in [9.17, 15) is 4.79 Å². The highest BCUT2D eigenvalue weighted by Crippen LogP contribution is 2.31. The first-order valence-electron chi connectivity index (χ1n) is 7.78. The van der Waals surface area contributed by atoms with Gasteiger partial charge in [-0.1, -0.05) is 11.3 Å². The van der Waals surface area contributed by atoms with E-state index in [-0.39, 0.29) is 5.56 Å². The zero-order valence-corrected chi connectivity index (χ0v) is 16.0. The highest BCUT2D eigenvalue weighted by molar-refractivity contribution is 7.15. The second-order valence-corrected chi connectivity index (χ2v) is 7.54. The van der Waals surface area contributed by atoms with Gasteiger partial charge >= 0.3 is 0 Å². The van der Waals surface area contributed by atoms with Crippen LogP contribution in [0.2, 0.25) is 0 Å². The molecule has 1 aromatic carbocycles. The second-order valence-electron chi connectivity index (χ2n) is 5.58. The van der Waals surface area contributed by atoms with Gasteiger partial charge in [-0.15, -0.1) is 16.4 Å². The summed E-state index contributed by atoms with van der Waals surface area (Å²) in [6.45, 7) is 2.03. The molecule has 0 aliphatic heterocycles. The molecule has 3 aromatic heterocycles. The van der Waals surface area contributed by atoms with E-state index in [4.69, 9.17) is 9.47 Å². The lowest BCUT2D eigenvalue weighted by Gasteiger charge is -2.07. The summed E-state index contributed by atoms with van der Waals surface area (Å²) < 4.78 is 12.5. The maximum absolute atomic E-state index is 12.6. The van der Waals surface area contributed by atoms with Crippen LogP contribution >= 0.6 is 22.7 Å². The molecule has 4 rings (SSSR count). The molecule has 0 radical (unpaired) electrons. The van der Waals surface area contributed by atoms with Gasteiger partial charge in [0.2, 0.25) is 4.96 Å². The minimum atomic E-state index is -0.156. The number of thiazole rings is 1. The van der Waals surface area contributed by atoms with E-state index in [1.807, 2.05) is 30.5 Å². The summed E-state index contributed by atoms with van der Waals surface area (Å²) in [5, 5.41) is 6.39. The molecule has 132 valence electrons. The fraction of sp³-hybridized carbons (Fsp3) is 0.167. The number of rotatable bonds is 4. The zero-order valence-electron chi connectivity index (χ0n) is 14.3. The van der Waals surface area contributed by atoms with Crippen molar-refractivity contribution < 1.29 is 9.47 Å². The average molecular weight is 385 g/mol. The van der Waals surface area contributed by atoms with Gasteiger partial charge in [0.15, 0.2) is 17.3 Å². The van der Waals surface area contributed by atoms with Crippen molar-refractivity contribution in [2.24, 2.45) is 0 Å². The fourth-order valence-electron chi connectivity index (χ4n) is 2.58. The van der Waals surface area contributed by atoms with Crippen LogP contribution in [0.4, 0.5) is 0 Å². The summed E-state index contributed by atoms with van der Waals surface area (Å²) in [6, 6.07) is 7.46. The molecule has 4 aromatic rings. The van der Waals surface area contributed by atoms with Crippen LogP contribution in [-0.4, -0.2) is 28.8 Å². The highest BCUT2D eigenvalue weighted by Gasteiger charge is 2.14. The van der Waals surface area contributed by atoms with Crippen molar-refractivity contribution in [1.29, 1.82) is 0 Å². The average Bonchev–Trinajstić information content (AvgIpc) is 3.33. The standard InChI is InChI=1S/C18H15N3O3S2/c1-10-6-7-25-14(10)9-15-17(22)21-18(26-15)19-16(20-21)11-4-5-12(23-2)13(8-11)24-3/h4-9H,1-3H3/b15-9-. The molecule has 8 heteroatoms. The minimum absolute atomic E-state index is 0.156. The first-order chi connectivity index (χ1) is 12.6. The number of ether oxygens (including phenoxy) is 2. The lowest BCUT2D eigenvalue weighted by Crippen LogP contribution is -2.23. The molecule has 26 heavy (non-hydrogen) atoms. The molecule has 0 N–H and O–H groups in total. The molecule has 0 aliphatic carbocycles. The number of methoxy groups -OCH3 is 2. The molecule has 0 fully saturated rings. The van der Waals surface area contributed by atoms with Gasteiger partial charge in [-0.3, -0.25) is 4.79 Å². The Labute approximate surface area is 157 Å². The van der Waals surface area contributed by atoms with Gasteiger partial charge in [-0.25, -0.2) is 0 Å². The van der Waals surface area contributed by atoms with Gasteiger partial charge < -0.3 is 9.47 Å². The Morgan fingerprint density at radius 1 is 1.15 bits per heavy atom. The van der Waals surface area contributed by atoms with Crippen LogP contribution in [0, 0.1) is 6.92 Å². The van der Waals surface area contributed by atoms with E-state index in [1.54, 1.807) is 37.7 Å². The second kappa shape index (κ2) is 6.54. The topological polar surface area (TPSA) is 65.7 Å². The van der Waals surface area contributed by atoms with Crippen molar-refractivity contribution in [1.82, 2.24) is 14.6 Å². The van der Waals surface area contributed by atoms with Gasteiger partial charge in [0.25, 0.3) is 5.56 Å². The van der Waals surface area contributed by atoms with E-state index in [0.717, 1.165) is 16.0 Å². The Bertz CT molecular complexity index is 1210. The number of hydrogen-bond acceptors (Lipinski definition) is 7. The van der Waals surface area contributed by atoms with E-state index < -0.39 is 0 Å². The molecule has 0 saturated carbocycles. The van der Waals surface area contributed by atoms with Gasteiger partial charge in [0.05, 0.1) is 18.8 Å². The summed E-state index contributed by atoms with van der Waals surface area (Å²) in [5.41, 5.74) is 1.76. The molecule has 0 amide bonds. The minimum Gasteiger partial charge on any atom is -0.493 e. The first kappa shape index (κ1) is 16.7. The molecule has 0 atom stereocenters. The van der Waals surface area contributed by atoms with Crippen molar-refractivity contribution in [3.8, 4) is 22.9 Å². The first-order valence-corrected chi connectivity index (χ1v) is 9.48. The smallest absolute Gasteiger partial charge is 0.291 e.